The van der Waals surface area contributed by atoms with Gasteiger partial charge in [0.05, 0.1) is 15.6 Å². The van der Waals surface area contributed by atoms with Gasteiger partial charge < -0.3 is 9.84 Å². The average molecular weight is 367 g/mol. The molecule has 3 N–H and O–H groups in total. The summed E-state index contributed by atoms with van der Waals surface area (Å²) in [4.78, 5) is 15.6. The first-order chi connectivity index (χ1) is 11.6. The highest BCUT2D eigenvalue weighted by Gasteiger charge is 2.11. The third-order valence-electron chi connectivity index (χ3n) is 3.30. The van der Waals surface area contributed by atoms with Crippen LogP contribution in [-0.2, 0) is 6.42 Å². The first-order valence-corrected chi connectivity index (χ1v) is 7.72. The maximum Gasteiger partial charge on any atom is 0.296 e. The summed E-state index contributed by atoms with van der Waals surface area (Å²) in [5.74, 6) is 0.468. The van der Waals surface area contributed by atoms with Gasteiger partial charge in [-0.25, -0.2) is 10.5 Å². The molecule has 0 radical (unpaired) electrons. The van der Waals surface area contributed by atoms with Gasteiger partial charge in [0.2, 0.25) is 0 Å². The fourth-order valence-electron chi connectivity index (χ4n) is 2.13. The van der Waals surface area contributed by atoms with Crippen LogP contribution in [0.4, 0.5) is 5.82 Å². The van der Waals surface area contributed by atoms with Gasteiger partial charge in [-0.3, -0.25) is 10.0 Å². The van der Waals surface area contributed by atoms with Crippen LogP contribution in [-0.4, -0.2) is 27.8 Å². The van der Waals surface area contributed by atoms with E-state index in [4.69, 9.17) is 32.9 Å². The summed E-state index contributed by atoms with van der Waals surface area (Å²) in [5.41, 5.74) is 2.24. The summed E-state index contributed by atoms with van der Waals surface area (Å²) in [7, 11) is 0. The molecule has 0 atom stereocenters. The van der Waals surface area contributed by atoms with E-state index in [0.717, 1.165) is 10.9 Å². The van der Waals surface area contributed by atoms with Crippen molar-refractivity contribution in [3.05, 3.63) is 51.8 Å². The van der Waals surface area contributed by atoms with Crippen molar-refractivity contribution in [1.82, 2.24) is 15.6 Å². The molecular formula is C15H12Cl2N4O3. The third-order valence-corrected chi connectivity index (χ3v) is 4.02. The molecule has 3 rings (SSSR count). The quantitative estimate of drug-likeness (QED) is 0.473. The van der Waals surface area contributed by atoms with Crippen molar-refractivity contribution in [2.75, 3.05) is 11.9 Å². The predicted molar refractivity (Wildman–Crippen MR) is 89.7 cm³/mol. The van der Waals surface area contributed by atoms with Gasteiger partial charge in [0.1, 0.15) is 11.6 Å². The largest absolute Gasteiger partial charge is 0.370 e. The van der Waals surface area contributed by atoms with Crippen molar-refractivity contribution in [3.8, 4) is 0 Å². The standard InChI is InChI=1S/C15H12Cl2N4O3/c16-10-5-8-1-2-14(19-12(8)7-11(10)17)18-4-3-9-6-13(21-24-9)15(22)20-23/h1-2,5-7,23H,3-4H2,(H,18,19)(H,20,22). The van der Waals surface area contributed by atoms with E-state index in [-0.39, 0.29) is 5.69 Å². The Kier molecular flexibility index (Phi) is 4.84. The van der Waals surface area contributed by atoms with Crippen molar-refractivity contribution in [2.45, 2.75) is 6.42 Å². The van der Waals surface area contributed by atoms with E-state index in [1.165, 1.54) is 11.5 Å². The van der Waals surface area contributed by atoms with Crippen molar-refractivity contribution in [1.29, 1.82) is 0 Å². The van der Waals surface area contributed by atoms with E-state index in [1.807, 2.05) is 12.1 Å². The number of nitrogens with zero attached hydrogens (tertiary/aromatic N) is 2. The van der Waals surface area contributed by atoms with E-state index in [9.17, 15) is 4.79 Å². The van der Waals surface area contributed by atoms with Crippen LogP contribution in [0.5, 0.6) is 0 Å². The molecule has 0 aliphatic carbocycles. The second-order valence-corrected chi connectivity index (χ2v) is 5.77. The van der Waals surface area contributed by atoms with Crippen molar-refractivity contribution in [2.24, 2.45) is 0 Å². The van der Waals surface area contributed by atoms with Gasteiger partial charge >= 0.3 is 0 Å². The normalized spacial score (nSPS) is 10.8. The number of aromatic nitrogens is 2. The zero-order valence-corrected chi connectivity index (χ0v) is 13.7. The number of anilines is 1. The second-order valence-electron chi connectivity index (χ2n) is 4.95. The van der Waals surface area contributed by atoms with E-state index in [0.29, 0.717) is 34.6 Å². The lowest BCUT2D eigenvalue weighted by atomic mass is 10.2. The Labute approximate surface area is 146 Å². The molecular weight excluding hydrogens is 355 g/mol. The molecule has 24 heavy (non-hydrogen) atoms. The van der Waals surface area contributed by atoms with Crippen LogP contribution in [0.25, 0.3) is 10.9 Å². The number of carbonyl (C=O) groups excluding carboxylic acids is 1. The molecule has 0 spiro atoms. The van der Waals surface area contributed by atoms with E-state index >= 15 is 0 Å². The Morgan fingerprint density at radius 2 is 2.00 bits per heavy atom. The van der Waals surface area contributed by atoms with Crippen LogP contribution in [0.15, 0.2) is 34.9 Å². The monoisotopic (exact) mass is 366 g/mol. The number of rotatable bonds is 5. The Hall–Kier alpha value is -2.35. The summed E-state index contributed by atoms with van der Waals surface area (Å²) < 4.78 is 5.01. The number of amides is 1. The van der Waals surface area contributed by atoms with Crippen molar-refractivity contribution < 1.29 is 14.5 Å². The summed E-state index contributed by atoms with van der Waals surface area (Å²) in [6, 6.07) is 8.66. The molecule has 3 aromatic rings. The Morgan fingerprint density at radius 3 is 2.79 bits per heavy atom. The number of carbonyl (C=O) groups is 1. The highest BCUT2D eigenvalue weighted by molar-refractivity contribution is 6.42. The molecule has 2 aromatic heterocycles. The summed E-state index contributed by atoms with van der Waals surface area (Å²) in [5, 5.41) is 17.1. The molecule has 124 valence electrons. The van der Waals surface area contributed by atoms with Gasteiger partial charge in [-0.1, -0.05) is 28.4 Å². The average Bonchev–Trinajstić information content (AvgIpc) is 3.04. The zero-order chi connectivity index (χ0) is 17.1. The van der Waals surface area contributed by atoms with Crippen LogP contribution >= 0.6 is 23.2 Å². The topological polar surface area (TPSA) is 100 Å². The first-order valence-electron chi connectivity index (χ1n) is 6.96. The summed E-state index contributed by atoms with van der Waals surface area (Å²) >= 11 is 12.0. The van der Waals surface area contributed by atoms with Crippen LogP contribution in [0.3, 0.4) is 0 Å². The molecule has 0 aliphatic heterocycles. The number of fused-ring (bicyclic) bond motifs is 1. The maximum atomic E-state index is 11.2. The first kappa shape index (κ1) is 16.5. The number of halogens is 2. The highest BCUT2D eigenvalue weighted by atomic mass is 35.5. The van der Waals surface area contributed by atoms with E-state index in [2.05, 4.69) is 15.5 Å². The molecule has 1 aromatic carbocycles. The molecule has 7 nitrogen and oxygen atoms in total. The van der Waals surface area contributed by atoms with Crippen LogP contribution in [0.2, 0.25) is 10.0 Å². The minimum atomic E-state index is -0.718. The SMILES string of the molecule is O=C(NO)c1cc(CCNc2ccc3cc(Cl)c(Cl)cc3n2)on1. The number of benzene rings is 1. The molecule has 0 unspecified atom stereocenters. The zero-order valence-electron chi connectivity index (χ0n) is 12.2. The van der Waals surface area contributed by atoms with Crippen LogP contribution in [0.1, 0.15) is 16.2 Å². The molecule has 0 saturated heterocycles. The van der Waals surface area contributed by atoms with Gasteiger partial charge in [-0.15, -0.1) is 0 Å². The molecule has 0 bridgehead atoms. The third kappa shape index (κ3) is 3.59. The number of hydrogen-bond donors (Lipinski definition) is 3. The lowest BCUT2D eigenvalue weighted by molar-refractivity contribution is 0.0696. The molecule has 2 heterocycles. The lowest BCUT2D eigenvalue weighted by Crippen LogP contribution is -2.18. The fraction of sp³-hybridized carbons (Fsp3) is 0.133. The summed E-state index contributed by atoms with van der Waals surface area (Å²) in [6.07, 6.45) is 0.493. The smallest absolute Gasteiger partial charge is 0.296 e. The number of pyridine rings is 1. The van der Waals surface area contributed by atoms with E-state index < -0.39 is 5.91 Å². The Morgan fingerprint density at radius 1 is 1.21 bits per heavy atom. The lowest BCUT2D eigenvalue weighted by Gasteiger charge is -2.06. The second kappa shape index (κ2) is 7.04. The van der Waals surface area contributed by atoms with Gasteiger partial charge in [-0.05, 0) is 24.3 Å². The molecule has 0 saturated carbocycles. The van der Waals surface area contributed by atoms with Gasteiger partial charge in [-0.2, -0.15) is 0 Å². The minimum Gasteiger partial charge on any atom is -0.370 e. The van der Waals surface area contributed by atoms with Gasteiger partial charge in [0.25, 0.3) is 5.91 Å². The number of hydrogen-bond acceptors (Lipinski definition) is 6. The van der Waals surface area contributed by atoms with Crippen molar-refractivity contribution >= 4 is 45.8 Å². The maximum absolute atomic E-state index is 11.2. The molecule has 1 amide bonds. The fourth-order valence-corrected chi connectivity index (χ4v) is 2.46. The van der Waals surface area contributed by atoms with Gasteiger partial charge in [0, 0.05) is 24.4 Å². The van der Waals surface area contributed by atoms with Crippen LogP contribution < -0.4 is 10.8 Å². The number of hydroxylamine groups is 1. The van der Waals surface area contributed by atoms with Gasteiger partial charge in [0.15, 0.2) is 5.69 Å². The molecule has 0 aliphatic rings. The Bertz CT molecular complexity index is 898. The highest BCUT2D eigenvalue weighted by Crippen LogP contribution is 2.27. The Balaban J connectivity index is 1.64. The van der Waals surface area contributed by atoms with Crippen LogP contribution in [0, 0.1) is 0 Å². The van der Waals surface area contributed by atoms with E-state index in [1.54, 1.807) is 12.1 Å². The molecule has 9 heteroatoms. The summed E-state index contributed by atoms with van der Waals surface area (Å²) in [6.45, 7) is 0.523. The predicted octanol–water partition coefficient (Wildman–Crippen LogP) is 3.30. The number of nitrogens with one attached hydrogen (secondary N) is 2. The van der Waals surface area contributed by atoms with Crippen molar-refractivity contribution in [3.63, 3.8) is 0 Å². The minimum absolute atomic E-state index is 0.0165. The molecule has 0 fully saturated rings.